The number of rotatable bonds is 5. The van der Waals surface area contributed by atoms with Gasteiger partial charge in [-0.25, -0.2) is 4.98 Å². The van der Waals surface area contributed by atoms with E-state index in [2.05, 4.69) is 10.3 Å². The van der Waals surface area contributed by atoms with Gasteiger partial charge in [0.25, 0.3) is 0 Å². The average molecular weight is 229 g/mol. The van der Waals surface area contributed by atoms with Gasteiger partial charge in [-0.2, -0.15) is 0 Å². The second kappa shape index (κ2) is 5.77. The minimum atomic E-state index is -0.0218. The van der Waals surface area contributed by atoms with E-state index in [1.54, 1.807) is 18.0 Å². The zero-order chi connectivity index (χ0) is 11.3. The Labute approximate surface area is 92.9 Å². The van der Waals surface area contributed by atoms with Crippen LogP contribution in [0.5, 0.6) is 0 Å². The zero-order valence-electron chi connectivity index (χ0n) is 8.86. The number of aliphatic hydroxyl groups is 1. The third-order valence-corrected chi connectivity index (χ3v) is 2.96. The summed E-state index contributed by atoms with van der Waals surface area (Å²) in [6.45, 7) is 2.12. The summed E-state index contributed by atoms with van der Waals surface area (Å²) in [6.07, 6.45) is 1.65. The Balaban J connectivity index is 2.37. The molecule has 0 aliphatic carbocycles. The van der Waals surface area contributed by atoms with Crippen LogP contribution in [-0.2, 0) is 18.4 Å². The topological polar surface area (TPSA) is 67.2 Å². The van der Waals surface area contributed by atoms with E-state index in [-0.39, 0.29) is 12.5 Å². The molecule has 0 unspecified atom stereocenters. The van der Waals surface area contributed by atoms with Crippen molar-refractivity contribution in [3.8, 4) is 0 Å². The van der Waals surface area contributed by atoms with Crippen LogP contribution in [0.4, 0.5) is 0 Å². The molecule has 0 radical (unpaired) electrons. The number of aliphatic hydroxyl groups excluding tert-OH is 1. The van der Waals surface area contributed by atoms with Gasteiger partial charge < -0.3 is 15.0 Å². The summed E-state index contributed by atoms with van der Waals surface area (Å²) < 4.78 is 1.85. The second-order valence-electron chi connectivity index (χ2n) is 3.08. The first kappa shape index (κ1) is 12.1. The predicted octanol–water partition coefficient (Wildman–Crippen LogP) is 0.141. The highest BCUT2D eigenvalue weighted by atomic mass is 32.2. The quantitative estimate of drug-likeness (QED) is 0.557. The van der Waals surface area contributed by atoms with Crippen LogP contribution in [0.1, 0.15) is 12.6 Å². The van der Waals surface area contributed by atoms with Crippen LogP contribution in [0.3, 0.4) is 0 Å². The van der Waals surface area contributed by atoms with E-state index in [0.29, 0.717) is 6.54 Å². The van der Waals surface area contributed by atoms with E-state index < -0.39 is 0 Å². The van der Waals surface area contributed by atoms with E-state index >= 15 is 0 Å². The van der Waals surface area contributed by atoms with Crippen LogP contribution in [0.15, 0.2) is 11.4 Å². The Bertz CT molecular complexity index is 338. The largest absolute Gasteiger partial charge is 0.390 e. The molecule has 1 amide bonds. The van der Waals surface area contributed by atoms with Crippen molar-refractivity contribution < 1.29 is 9.90 Å². The van der Waals surface area contributed by atoms with Crippen LogP contribution >= 0.6 is 11.8 Å². The summed E-state index contributed by atoms with van der Waals surface area (Å²) in [5, 5.41) is 12.5. The van der Waals surface area contributed by atoms with Crippen LogP contribution in [-0.4, -0.2) is 32.9 Å². The van der Waals surface area contributed by atoms with Gasteiger partial charge in [-0.05, 0) is 0 Å². The fourth-order valence-corrected chi connectivity index (χ4v) is 1.90. The van der Waals surface area contributed by atoms with Gasteiger partial charge in [0, 0.05) is 26.3 Å². The molecule has 2 N–H and O–H groups in total. The van der Waals surface area contributed by atoms with Crippen molar-refractivity contribution in [2.75, 3.05) is 12.3 Å². The Kier molecular flexibility index (Phi) is 4.64. The first-order valence-corrected chi connectivity index (χ1v) is 5.62. The molecule has 0 fully saturated rings. The van der Waals surface area contributed by atoms with Gasteiger partial charge in [0.15, 0.2) is 5.16 Å². The Morgan fingerprint density at radius 2 is 2.47 bits per heavy atom. The van der Waals surface area contributed by atoms with Crippen molar-refractivity contribution in [1.82, 2.24) is 14.9 Å². The van der Waals surface area contributed by atoms with Crippen molar-refractivity contribution in [2.24, 2.45) is 7.05 Å². The maximum atomic E-state index is 10.6. The number of carbonyl (C=O) groups excluding carboxylic acids is 1. The maximum absolute atomic E-state index is 10.6. The lowest BCUT2D eigenvalue weighted by Crippen LogP contribution is -2.22. The highest BCUT2D eigenvalue weighted by Crippen LogP contribution is 2.16. The number of nitrogens with one attached hydrogen (secondary N) is 1. The van der Waals surface area contributed by atoms with Gasteiger partial charge in [0.2, 0.25) is 5.91 Å². The standard InChI is InChI=1S/C9H15N3O2S/c1-7(14)10-3-4-15-9-11-5-8(6-13)12(9)2/h5,13H,3-4,6H2,1-2H3,(H,10,14). The summed E-state index contributed by atoms with van der Waals surface area (Å²) in [5.41, 5.74) is 0.789. The molecule has 5 nitrogen and oxygen atoms in total. The summed E-state index contributed by atoms with van der Waals surface area (Å²) in [5.74, 6) is 0.751. The average Bonchev–Trinajstić information content (AvgIpc) is 2.54. The lowest BCUT2D eigenvalue weighted by atomic mass is 10.5. The normalized spacial score (nSPS) is 10.3. The summed E-state index contributed by atoms with van der Waals surface area (Å²) in [6, 6.07) is 0. The van der Waals surface area contributed by atoms with Crippen LogP contribution < -0.4 is 5.32 Å². The van der Waals surface area contributed by atoms with Crippen LogP contribution in [0, 0.1) is 0 Å². The molecule has 0 saturated carbocycles. The van der Waals surface area contributed by atoms with Crippen molar-refractivity contribution in [1.29, 1.82) is 0 Å². The maximum Gasteiger partial charge on any atom is 0.216 e. The Morgan fingerprint density at radius 1 is 1.73 bits per heavy atom. The molecule has 0 bridgehead atoms. The third-order valence-electron chi connectivity index (χ3n) is 1.91. The fraction of sp³-hybridized carbons (Fsp3) is 0.556. The van der Waals surface area contributed by atoms with E-state index in [9.17, 15) is 4.79 Å². The molecular formula is C9H15N3O2S. The zero-order valence-corrected chi connectivity index (χ0v) is 9.67. The number of carbonyl (C=O) groups is 1. The molecule has 0 saturated heterocycles. The second-order valence-corrected chi connectivity index (χ2v) is 4.14. The molecule has 6 heteroatoms. The molecule has 1 rings (SSSR count). The van der Waals surface area contributed by atoms with Crippen molar-refractivity contribution >= 4 is 17.7 Å². The fourth-order valence-electron chi connectivity index (χ4n) is 1.08. The van der Waals surface area contributed by atoms with Gasteiger partial charge in [0.05, 0.1) is 18.5 Å². The minimum absolute atomic E-state index is 0.00421. The van der Waals surface area contributed by atoms with Crippen LogP contribution in [0.2, 0.25) is 0 Å². The predicted molar refractivity (Wildman–Crippen MR) is 58.5 cm³/mol. The van der Waals surface area contributed by atoms with Crippen molar-refractivity contribution in [2.45, 2.75) is 18.7 Å². The molecule has 0 spiro atoms. The molecule has 15 heavy (non-hydrogen) atoms. The minimum Gasteiger partial charge on any atom is -0.390 e. The summed E-state index contributed by atoms with van der Waals surface area (Å²) >= 11 is 1.55. The SMILES string of the molecule is CC(=O)NCCSc1ncc(CO)n1C. The van der Waals surface area contributed by atoms with E-state index in [0.717, 1.165) is 16.6 Å². The third kappa shape index (κ3) is 3.56. The van der Waals surface area contributed by atoms with Gasteiger partial charge in [-0.3, -0.25) is 4.79 Å². The summed E-state index contributed by atoms with van der Waals surface area (Å²) in [4.78, 5) is 14.8. The van der Waals surface area contributed by atoms with Crippen LogP contribution in [0.25, 0.3) is 0 Å². The van der Waals surface area contributed by atoms with Gasteiger partial charge in [-0.1, -0.05) is 11.8 Å². The number of thioether (sulfide) groups is 1. The Morgan fingerprint density at radius 3 is 3.00 bits per heavy atom. The van der Waals surface area contributed by atoms with Gasteiger partial charge in [0.1, 0.15) is 0 Å². The molecule has 1 aromatic rings. The summed E-state index contributed by atoms with van der Waals surface area (Å²) in [7, 11) is 1.86. The van der Waals surface area contributed by atoms with Gasteiger partial charge >= 0.3 is 0 Å². The molecule has 84 valence electrons. The number of imidazole rings is 1. The smallest absolute Gasteiger partial charge is 0.216 e. The molecule has 0 atom stereocenters. The highest BCUT2D eigenvalue weighted by molar-refractivity contribution is 7.99. The molecule has 0 aliphatic heterocycles. The molecule has 1 heterocycles. The van der Waals surface area contributed by atoms with E-state index in [4.69, 9.17) is 5.11 Å². The van der Waals surface area contributed by atoms with E-state index in [1.165, 1.54) is 6.92 Å². The highest BCUT2D eigenvalue weighted by Gasteiger charge is 2.05. The molecule has 1 aromatic heterocycles. The van der Waals surface area contributed by atoms with Crippen molar-refractivity contribution in [3.63, 3.8) is 0 Å². The first-order valence-electron chi connectivity index (χ1n) is 4.64. The number of aromatic nitrogens is 2. The number of amides is 1. The molecular weight excluding hydrogens is 214 g/mol. The van der Waals surface area contributed by atoms with E-state index in [1.807, 2.05) is 11.6 Å². The number of hydrogen-bond acceptors (Lipinski definition) is 4. The first-order chi connectivity index (χ1) is 7.15. The molecule has 0 aliphatic rings. The lowest BCUT2D eigenvalue weighted by molar-refractivity contribution is -0.118. The van der Waals surface area contributed by atoms with Gasteiger partial charge in [-0.15, -0.1) is 0 Å². The number of nitrogens with zero attached hydrogens (tertiary/aromatic N) is 2. The van der Waals surface area contributed by atoms with Crippen molar-refractivity contribution in [3.05, 3.63) is 11.9 Å². The monoisotopic (exact) mass is 229 g/mol. The number of hydrogen-bond donors (Lipinski definition) is 2. The Hall–Kier alpha value is -1.01. The lowest BCUT2D eigenvalue weighted by Gasteiger charge is -2.04. The molecule has 0 aromatic carbocycles.